The number of fused-ring (bicyclic) bond motifs is 1. The fourth-order valence-electron chi connectivity index (χ4n) is 1.71. The third-order valence-corrected chi connectivity index (χ3v) is 2.44. The summed E-state index contributed by atoms with van der Waals surface area (Å²) in [4.78, 5) is 11.4. The fourth-order valence-corrected chi connectivity index (χ4v) is 1.71. The van der Waals surface area contributed by atoms with Crippen LogP contribution in [0.25, 0.3) is 0 Å². The lowest BCUT2D eigenvalue weighted by Crippen LogP contribution is -2.29. The van der Waals surface area contributed by atoms with Gasteiger partial charge in [0, 0.05) is 17.5 Å². The number of aliphatic hydroxyl groups excluding tert-OH is 2. The molecule has 0 aromatic heterocycles. The summed E-state index contributed by atoms with van der Waals surface area (Å²) in [5.74, 6) is -0.407. The molecule has 1 aliphatic rings. The molecular weight excluding hydrogens is 184 g/mol. The summed E-state index contributed by atoms with van der Waals surface area (Å²) in [6.07, 6.45) is -2.40. The highest BCUT2D eigenvalue weighted by Gasteiger charge is 2.33. The second-order valence-corrected chi connectivity index (χ2v) is 3.38. The van der Waals surface area contributed by atoms with Crippen LogP contribution in [-0.2, 0) is 0 Å². The molecule has 0 spiro atoms. The average molecular weight is 194 g/mol. The predicted octanol–water partition coefficient (Wildman–Crippen LogP) is 0.373. The van der Waals surface area contributed by atoms with E-state index in [-0.39, 0.29) is 23.5 Å². The van der Waals surface area contributed by atoms with Gasteiger partial charge in [-0.15, -0.1) is 0 Å². The molecule has 0 bridgehead atoms. The van der Waals surface area contributed by atoms with Crippen molar-refractivity contribution in [2.75, 3.05) is 0 Å². The minimum Gasteiger partial charge on any atom is -0.508 e. The Morgan fingerprint density at radius 3 is 2.71 bits per heavy atom. The van der Waals surface area contributed by atoms with Gasteiger partial charge in [-0.25, -0.2) is 0 Å². The largest absolute Gasteiger partial charge is 0.508 e. The molecule has 1 aromatic carbocycles. The zero-order valence-corrected chi connectivity index (χ0v) is 7.34. The molecule has 0 aliphatic heterocycles. The monoisotopic (exact) mass is 194 g/mol. The van der Waals surface area contributed by atoms with Crippen molar-refractivity contribution in [3.63, 3.8) is 0 Å². The number of phenolic OH excluding ortho intramolecular Hbond substituents is 1. The van der Waals surface area contributed by atoms with Crippen molar-refractivity contribution >= 4 is 5.78 Å². The van der Waals surface area contributed by atoms with E-state index in [9.17, 15) is 20.1 Å². The smallest absolute Gasteiger partial charge is 0.166 e. The van der Waals surface area contributed by atoms with E-state index in [4.69, 9.17) is 0 Å². The molecule has 2 atom stereocenters. The van der Waals surface area contributed by atoms with Gasteiger partial charge in [0.25, 0.3) is 0 Å². The molecule has 0 saturated carbocycles. The van der Waals surface area contributed by atoms with Crippen LogP contribution in [0, 0.1) is 0 Å². The van der Waals surface area contributed by atoms with Crippen LogP contribution in [-0.4, -0.2) is 27.2 Å². The van der Waals surface area contributed by atoms with Crippen LogP contribution in [0.4, 0.5) is 0 Å². The van der Waals surface area contributed by atoms with Crippen molar-refractivity contribution in [1.82, 2.24) is 0 Å². The number of aromatic hydroxyl groups is 1. The van der Waals surface area contributed by atoms with Gasteiger partial charge in [0.2, 0.25) is 0 Å². The van der Waals surface area contributed by atoms with Crippen molar-refractivity contribution in [3.8, 4) is 5.75 Å². The number of carbonyl (C=O) groups excluding carboxylic acids is 1. The number of benzene rings is 1. The van der Waals surface area contributed by atoms with Crippen molar-refractivity contribution in [3.05, 3.63) is 29.3 Å². The number of ketones is 1. The minimum absolute atomic E-state index is 0.0996. The van der Waals surface area contributed by atoms with Crippen LogP contribution in [0.15, 0.2) is 18.2 Å². The molecule has 1 aliphatic carbocycles. The van der Waals surface area contributed by atoms with Gasteiger partial charge in [0.1, 0.15) is 11.9 Å². The Labute approximate surface area is 80.4 Å². The third kappa shape index (κ3) is 1.20. The number of hydrogen-bond donors (Lipinski definition) is 3. The minimum atomic E-state index is -1.18. The molecule has 1 aromatic rings. The van der Waals surface area contributed by atoms with Gasteiger partial charge in [-0.05, 0) is 6.07 Å². The summed E-state index contributed by atoms with van der Waals surface area (Å²) in [6.45, 7) is 0. The Balaban J connectivity index is 2.62. The zero-order valence-electron chi connectivity index (χ0n) is 7.34. The van der Waals surface area contributed by atoms with Crippen molar-refractivity contribution in [2.24, 2.45) is 0 Å². The van der Waals surface area contributed by atoms with Crippen molar-refractivity contribution in [2.45, 2.75) is 18.6 Å². The maximum atomic E-state index is 11.4. The molecule has 0 unspecified atom stereocenters. The number of rotatable bonds is 0. The molecule has 3 N–H and O–H groups in total. The average Bonchev–Trinajstić information content (AvgIpc) is 2.14. The standard InChI is InChI=1S/C10H10O4/c11-6-3-1-2-5-7(12)4-8(13)10(14)9(5)6/h1-3,8,10-11,13-14H,4H2/t8-,10+/m0/s1. The Morgan fingerprint density at radius 2 is 2.00 bits per heavy atom. The first-order valence-corrected chi connectivity index (χ1v) is 4.32. The van der Waals surface area contributed by atoms with E-state index in [2.05, 4.69) is 0 Å². The van der Waals surface area contributed by atoms with E-state index in [1.165, 1.54) is 18.2 Å². The second kappa shape index (κ2) is 3.08. The van der Waals surface area contributed by atoms with E-state index >= 15 is 0 Å². The number of phenols is 1. The molecule has 0 heterocycles. The highest BCUT2D eigenvalue weighted by atomic mass is 16.3. The van der Waals surface area contributed by atoms with Crippen LogP contribution < -0.4 is 0 Å². The Bertz CT molecular complexity index is 386. The first kappa shape index (κ1) is 9.18. The lowest BCUT2D eigenvalue weighted by atomic mass is 9.86. The van der Waals surface area contributed by atoms with Gasteiger partial charge in [-0.3, -0.25) is 4.79 Å². The quantitative estimate of drug-likeness (QED) is 0.557. The Kier molecular flexibility index (Phi) is 2.02. The maximum absolute atomic E-state index is 11.4. The lowest BCUT2D eigenvalue weighted by molar-refractivity contribution is 0.00742. The Morgan fingerprint density at radius 1 is 1.29 bits per heavy atom. The van der Waals surface area contributed by atoms with E-state index in [0.717, 1.165) is 0 Å². The van der Waals surface area contributed by atoms with Gasteiger partial charge in [0.15, 0.2) is 5.78 Å². The van der Waals surface area contributed by atoms with Crippen molar-refractivity contribution < 1.29 is 20.1 Å². The van der Waals surface area contributed by atoms with Gasteiger partial charge < -0.3 is 15.3 Å². The summed E-state index contributed by atoms with van der Waals surface area (Å²) in [5.41, 5.74) is 0.430. The van der Waals surface area contributed by atoms with Crippen LogP contribution >= 0.6 is 0 Å². The molecule has 74 valence electrons. The summed E-state index contributed by atoms with van der Waals surface area (Å²) in [6, 6.07) is 4.45. The number of aliphatic hydroxyl groups is 2. The van der Waals surface area contributed by atoms with Crippen LogP contribution in [0.5, 0.6) is 5.75 Å². The highest BCUT2D eigenvalue weighted by Crippen LogP contribution is 2.35. The number of hydrogen-bond acceptors (Lipinski definition) is 4. The third-order valence-electron chi connectivity index (χ3n) is 2.44. The topological polar surface area (TPSA) is 77.8 Å². The van der Waals surface area contributed by atoms with Crippen LogP contribution in [0.1, 0.15) is 28.4 Å². The van der Waals surface area contributed by atoms with E-state index in [1.54, 1.807) is 0 Å². The summed E-state index contributed by atoms with van der Waals surface area (Å²) < 4.78 is 0. The van der Waals surface area contributed by atoms with Gasteiger partial charge >= 0.3 is 0 Å². The Hall–Kier alpha value is -1.39. The molecule has 0 fully saturated rings. The SMILES string of the molecule is O=C1C[C@H](O)[C@@H](O)c2c(O)cccc21. The number of carbonyl (C=O) groups is 1. The van der Waals surface area contributed by atoms with Gasteiger partial charge in [-0.1, -0.05) is 12.1 Å². The molecule has 4 heteroatoms. The molecule has 14 heavy (non-hydrogen) atoms. The van der Waals surface area contributed by atoms with E-state index < -0.39 is 12.2 Å². The van der Waals surface area contributed by atoms with E-state index in [0.29, 0.717) is 5.56 Å². The normalized spacial score (nSPS) is 26.0. The fraction of sp³-hybridized carbons (Fsp3) is 0.300. The second-order valence-electron chi connectivity index (χ2n) is 3.38. The predicted molar refractivity (Wildman–Crippen MR) is 48.0 cm³/mol. The maximum Gasteiger partial charge on any atom is 0.166 e. The molecular formula is C10H10O4. The van der Waals surface area contributed by atoms with Crippen LogP contribution in [0.2, 0.25) is 0 Å². The van der Waals surface area contributed by atoms with Gasteiger partial charge in [0.05, 0.1) is 6.10 Å². The highest BCUT2D eigenvalue weighted by molar-refractivity contribution is 5.99. The lowest BCUT2D eigenvalue weighted by Gasteiger charge is -2.25. The zero-order chi connectivity index (χ0) is 10.3. The molecule has 0 amide bonds. The first-order valence-electron chi connectivity index (χ1n) is 4.32. The van der Waals surface area contributed by atoms with E-state index in [1.807, 2.05) is 0 Å². The summed E-state index contributed by atoms with van der Waals surface area (Å²) >= 11 is 0. The summed E-state index contributed by atoms with van der Waals surface area (Å²) in [5, 5.41) is 28.3. The van der Waals surface area contributed by atoms with Crippen LogP contribution in [0.3, 0.4) is 0 Å². The molecule has 4 nitrogen and oxygen atoms in total. The molecule has 0 saturated heterocycles. The molecule has 0 radical (unpaired) electrons. The molecule has 2 rings (SSSR count). The number of Topliss-reactive ketones (excluding diaryl/α,β-unsaturated/α-hetero) is 1. The van der Waals surface area contributed by atoms with Gasteiger partial charge in [-0.2, -0.15) is 0 Å². The summed E-state index contributed by atoms with van der Waals surface area (Å²) in [7, 11) is 0. The van der Waals surface area contributed by atoms with Crippen molar-refractivity contribution in [1.29, 1.82) is 0 Å². The first-order chi connectivity index (χ1) is 6.61.